The van der Waals surface area contributed by atoms with Crippen molar-refractivity contribution in [2.75, 3.05) is 18.1 Å². The van der Waals surface area contributed by atoms with Crippen molar-refractivity contribution in [2.24, 2.45) is 0 Å². The lowest BCUT2D eigenvalue weighted by molar-refractivity contribution is -0.384. The van der Waals surface area contributed by atoms with E-state index in [4.69, 9.17) is 9.57 Å². The number of non-ortho nitro benzene ring substituents is 1. The maximum Gasteiger partial charge on any atom is 0.271 e. The number of hydrogen-bond acceptors (Lipinski definition) is 6. The summed E-state index contributed by atoms with van der Waals surface area (Å²) >= 11 is 0. The van der Waals surface area contributed by atoms with E-state index in [0.717, 1.165) is 10.5 Å². The molecule has 0 aromatic heterocycles. The first-order chi connectivity index (χ1) is 12.5. The van der Waals surface area contributed by atoms with Gasteiger partial charge in [0.05, 0.1) is 17.2 Å². The molecule has 0 aliphatic carbocycles. The second-order valence-electron chi connectivity index (χ2n) is 5.48. The Morgan fingerprint density at radius 3 is 2.77 bits per heavy atom. The van der Waals surface area contributed by atoms with E-state index in [1.165, 1.54) is 18.2 Å². The number of carbonyl (C=O) groups is 2. The number of nitro benzene ring substituents is 1. The molecule has 9 heteroatoms. The molecule has 0 spiro atoms. The number of nitrogens with zero attached hydrogens (tertiary/aromatic N) is 2. The molecule has 1 aliphatic heterocycles. The fourth-order valence-electron chi connectivity index (χ4n) is 2.43. The summed E-state index contributed by atoms with van der Waals surface area (Å²) in [6.45, 7) is -0.417. The van der Waals surface area contributed by atoms with E-state index in [1.807, 2.05) is 30.3 Å². The van der Waals surface area contributed by atoms with Gasteiger partial charge in [0.25, 0.3) is 17.5 Å². The summed E-state index contributed by atoms with van der Waals surface area (Å²) in [5.41, 5.74) is 3.10. The molecule has 0 unspecified atom stereocenters. The van der Waals surface area contributed by atoms with Crippen molar-refractivity contribution in [1.82, 2.24) is 5.48 Å². The van der Waals surface area contributed by atoms with E-state index in [0.29, 0.717) is 5.75 Å². The molecule has 0 atom stereocenters. The number of rotatable bonds is 6. The minimum Gasteiger partial charge on any atom is -0.482 e. The first-order valence-corrected chi connectivity index (χ1v) is 7.71. The van der Waals surface area contributed by atoms with Crippen molar-refractivity contribution in [3.8, 4) is 5.75 Å². The van der Waals surface area contributed by atoms with Gasteiger partial charge in [0.2, 0.25) is 0 Å². The number of anilines is 1. The van der Waals surface area contributed by atoms with Gasteiger partial charge in [-0.2, -0.15) is 0 Å². The van der Waals surface area contributed by atoms with Crippen molar-refractivity contribution in [1.29, 1.82) is 0 Å². The molecular formula is C17H15N3O6. The zero-order chi connectivity index (χ0) is 18.5. The van der Waals surface area contributed by atoms with Crippen LogP contribution in [0.25, 0.3) is 0 Å². The smallest absolute Gasteiger partial charge is 0.271 e. The minimum absolute atomic E-state index is 0.172. The zero-order valence-electron chi connectivity index (χ0n) is 13.6. The van der Waals surface area contributed by atoms with Crippen molar-refractivity contribution < 1.29 is 24.1 Å². The number of carbonyl (C=O) groups excluding carboxylic acids is 2. The van der Waals surface area contributed by atoms with Crippen molar-refractivity contribution in [3.05, 3.63) is 64.2 Å². The third kappa shape index (κ3) is 3.95. The highest BCUT2D eigenvalue weighted by Gasteiger charge is 2.29. The normalized spacial score (nSPS) is 12.9. The van der Waals surface area contributed by atoms with Crippen LogP contribution in [-0.2, 0) is 21.0 Å². The van der Waals surface area contributed by atoms with Crippen molar-refractivity contribution in [3.63, 3.8) is 0 Å². The largest absolute Gasteiger partial charge is 0.482 e. The summed E-state index contributed by atoms with van der Waals surface area (Å²) in [5.74, 6) is -0.738. The molecule has 2 aromatic rings. The van der Waals surface area contributed by atoms with E-state index in [2.05, 4.69) is 5.48 Å². The second kappa shape index (κ2) is 7.62. The molecular weight excluding hydrogens is 342 g/mol. The summed E-state index contributed by atoms with van der Waals surface area (Å²) in [6, 6.07) is 13.1. The van der Waals surface area contributed by atoms with Gasteiger partial charge < -0.3 is 4.74 Å². The molecule has 1 N–H and O–H groups in total. The lowest BCUT2D eigenvalue weighted by Crippen LogP contribution is -2.45. The molecule has 134 valence electrons. The molecule has 1 aliphatic rings. The van der Waals surface area contributed by atoms with E-state index < -0.39 is 16.7 Å². The van der Waals surface area contributed by atoms with Crippen molar-refractivity contribution >= 4 is 23.2 Å². The molecule has 26 heavy (non-hydrogen) atoms. The Bertz CT molecular complexity index is 840. The monoisotopic (exact) mass is 357 g/mol. The molecule has 3 rings (SSSR count). The van der Waals surface area contributed by atoms with E-state index in [1.54, 1.807) is 0 Å². The van der Waals surface area contributed by atoms with Crippen LogP contribution in [0.1, 0.15) is 5.56 Å². The first kappa shape index (κ1) is 17.4. The average molecular weight is 357 g/mol. The predicted octanol–water partition coefficient (Wildman–Crippen LogP) is 1.57. The molecule has 0 fully saturated rings. The Hall–Kier alpha value is -3.46. The van der Waals surface area contributed by atoms with Gasteiger partial charge >= 0.3 is 0 Å². The van der Waals surface area contributed by atoms with Gasteiger partial charge in [-0.25, -0.2) is 5.48 Å². The van der Waals surface area contributed by atoms with Gasteiger partial charge in [-0.15, -0.1) is 0 Å². The highest BCUT2D eigenvalue weighted by Crippen LogP contribution is 2.35. The molecule has 2 amide bonds. The molecule has 2 aromatic carbocycles. The van der Waals surface area contributed by atoms with Crippen LogP contribution in [-0.4, -0.2) is 29.9 Å². The van der Waals surface area contributed by atoms with Crippen LogP contribution in [0.5, 0.6) is 5.75 Å². The minimum atomic E-state index is -0.583. The van der Waals surface area contributed by atoms with Crippen LogP contribution in [0, 0.1) is 10.1 Å². The summed E-state index contributed by atoms with van der Waals surface area (Å²) in [7, 11) is 0. The Labute approximate surface area is 148 Å². The summed E-state index contributed by atoms with van der Waals surface area (Å²) < 4.78 is 5.24. The fourth-order valence-corrected chi connectivity index (χ4v) is 2.43. The van der Waals surface area contributed by atoms with E-state index >= 15 is 0 Å². The van der Waals surface area contributed by atoms with Crippen LogP contribution in [0.15, 0.2) is 48.5 Å². The third-order valence-electron chi connectivity index (χ3n) is 3.67. The molecule has 9 nitrogen and oxygen atoms in total. The van der Waals surface area contributed by atoms with Gasteiger partial charge in [-0.05, 0) is 11.6 Å². The summed E-state index contributed by atoms with van der Waals surface area (Å²) in [6.07, 6.45) is 0. The third-order valence-corrected chi connectivity index (χ3v) is 3.67. The SMILES string of the molecule is O=C(CN1C(=O)COc2ccc([N+](=O)[O-])cc21)NOCc1ccccc1. The van der Waals surface area contributed by atoms with Crippen LogP contribution in [0.3, 0.4) is 0 Å². The molecule has 0 bridgehead atoms. The average Bonchev–Trinajstić information content (AvgIpc) is 2.64. The van der Waals surface area contributed by atoms with Crippen molar-refractivity contribution in [2.45, 2.75) is 6.61 Å². The number of hydrogen-bond donors (Lipinski definition) is 1. The quantitative estimate of drug-likeness (QED) is 0.620. The van der Waals surface area contributed by atoms with E-state index in [9.17, 15) is 19.7 Å². The number of fused-ring (bicyclic) bond motifs is 1. The maximum atomic E-state index is 12.1. The van der Waals surface area contributed by atoms with Crippen LogP contribution in [0.4, 0.5) is 11.4 Å². The number of nitro groups is 1. The standard InChI is InChI=1S/C17H15N3O6/c21-16(18-26-10-12-4-2-1-3-5-12)9-19-14-8-13(20(23)24)6-7-15(14)25-11-17(19)22/h1-8H,9-11H2,(H,18,21). The van der Waals surface area contributed by atoms with Gasteiger partial charge in [-0.1, -0.05) is 30.3 Å². The van der Waals surface area contributed by atoms with Gasteiger partial charge in [0.15, 0.2) is 6.61 Å². The molecule has 0 saturated carbocycles. The first-order valence-electron chi connectivity index (χ1n) is 7.71. The summed E-state index contributed by atoms with van der Waals surface area (Å²) in [5, 5.41) is 10.9. The lowest BCUT2D eigenvalue weighted by Gasteiger charge is -2.28. The Morgan fingerprint density at radius 2 is 2.04 bits per heavy atom. The van der Waals surface area contributed by atoms with Crippen LogP contribution >= 0.6 is 0 Å². The fraction of sp³-hybridized carbons (Fsp3) is 0.176. The predicted molar refractivity (Wildman–Crippen MR) is 90.3 cm³/mol. The molecule has 1 heterocycles. The topological polar surface area (TPSA) is 111 Å². The number of ether oxygens (including phenoxy) is 1. The number of hydroxylamine groups is 1. The van der Waals surface area contributed by atoms with Crippen LogP contribution in [0.2, 0.25) is 0 Å². The van der Waals surface area contributed by atoms with Gasteiger partial charge in [-0.3, -0.25) is 29.4 Å². The van der Waals surface area contributed by atoms with Gasteiger partial charge in [0.1, 0.15) is 12.3 Å². The zero-order valence-corrected chi connectivity index (χ0v) is 13.6. The highest BCUT2D eigenvalue weighted by atomic mass is 16.7. The number of amides is 2. The number of benzene rings is 2. The summed E-state index contributed by atoms with van der Waals surface area (Å²) in [4.78, 5) is 40.8. The highest BCUT2D eigenvalue weighted by molar-refractivity contribution is 6.02. The Balaban J connectivity index is 1.65. The van der Waals surface area contributed by atoms with E-state index in [-0.39, 0.29) is 31.1 Å². The number of nitrogens with one attached hydrogen (secondary N) is 1. The van der Waals surface area contributed by atoms with Crippen LogP contribution < -0.4 is 15.1 Å². The van der Waals surface area contributed by atoms with Gasteiger partial charge in [0, 0.05) is 12.1 Å². The second-order valence-corrected chi connectivity index (χ2v) is 5.48. The lowest BCUT2D eigenvalue weighted by atomic mass is 10.2. The molecule has 0 saturated heterocycles. The Morgan fingerprint density at radius 1 is 1.27 bits per heavy atom. The molecule has 0 radical (unpaired) electrons. The maximum absolute atomic E-state index is 12.1. The Kier molecular flexibility index (Phi) is 5.09.